The molecule has 1 aliphatic rings. The molecule has 1 aromatic carbocycles. The molecule has 25 heavy (non-hydrogen) atoms. The average Bonchev–Trinajstić information content (AvgIpc) is 2.54. The number of dihydropyridines is 1. The Morgan fingerprint density at radius 2 is 2.00 bits per heavy atom. The van der Waals surface area contributed by atoms with E-state index in [1.54, 1.807) is 32.0 Å². The van der Waals surface area contributed by atoms with Crippen LogP contribution in [0.2, 0.25) is 0 Å². The summed E-state index contributed by atoms with van der Waals surface area (Å²) in [7, 11) is 3.76. The highest BCUT2D eigenvalue weighted by Crippen LogP contribution is 2.39. The molecule has 0 bridgehead atoms. The van der Waals surface area contributed by atoms with E-state index in [4.69, 9.17) is 4.74 Å². The highest BCUT2D eigenvalue weighted by Gasteiger charge is 2.35. The monoisotopic (exact) mass is 343 g/mol. The number of nitrogens with zero attached hydrogens (tertiary/aromatic N) is 2. The molecular weight excluding hydrogens is 321 g/mol. The Labute approximate surface area is 147 Å². The SMILES string of the molecule is CC1=C(C#N)C(c2ccccc2F)C(C(=O)OCCN(C)C)=C(C)N1. The standard InChI is InChI=1S/C19H22FN3O2/c1-12-15(11-21)18(14-7-5-6-8-16(14)20)17(13(2)22-12)19(24)25-10-9-23(3)4/h5-8,18,22H,9-10H2,1-4H3. The Kier molecular flexibility index (Phi) is 5.94. The fourth-order valence-electron chi connectivity index (χ4n) is 2.83. The van der Waals surface area contributed by atoms with E-state index in [2.05, 4.69) is 11.4 Å². The minimum Gasteiger partial charge on any atom is -0.461 e. The number of rotatable bonds is 5. The quantitative estimate of drug-likeness (QED) is 0.833. The van der Waals surface area contributed by atoms with Crippen molar-refractivity contribution < 1.29 is 13.9 Å². The first-order valence-electron chi connectivity index (χ1n) is 8.01. The van der Waals surface area contributed by atoms with Gasteiger partial charge in [-0.1, -0.05) is 18.2 Å². The summed E-state index contributed by atoms with van der Waals surface area (Å²) in [5.74, 6) is -1.78. The van der Waals surface area contributed by atoms with Crippen LogP contribution in [0.25, 0.3) is 0 Å². The van der Waals surface area contributed by atoms with Crippen molar-refractivity contribution in [3.8, 4) is 6.07 Å². The molecule has 6 heteroatoms. The van der Waals surface area contributed by atoms with Crippen molar-refractivity contribution in [1.29, 1.82) is 5.26 Å². The lowest BCUT2D eigenvalue weighted by Crippen LogP contribution is -2.30. The van der Waals surface area contributed by atoms with Crippen LogP contribution in [0.5, 0.6) is 0 Å². The van der Waals surface area contributed by atoms with Crippen LogP contribution < -0.4 is 5.32 Å². The maximum Gasteiger partial charge on any atom is 0.336 e. The lowest BCUT2D eigenvalue weighted by molar-refractivity contribution is -0.139. The lowest BCUT2D eigenvalue weighted by atomic mass is 9.81. The third-order valence-electron chi connectivity index (χ3n) is 4.09. The van der Waals surface area contributed by atoms with Crippen molar-refractivity contribution in [1.82, 2.24) is 10.2 Å². The number of benzene rings is 1. The first kappa shape index (κ1) is 18.7. The van der Waals surface area contributed by atoms with Gasteiger partial charge >= 0.3 is 5.97 Å². The van der Waals surface area contributed by atoms with Crippen LogP contribution in [0.15, 0.2) is 46.8 Å². The summed E-state index contributed by atoms with van der Waals surface area (Å²) >= 11 is 0. The third kappa shape index (κ3) is 4.06. The minimum absolute atomic E-state index is 0.219. The second-order valence-electron chi connectivity index (χ2n) is 6.21. The zero-order valence-electron chi connectivity index (χ0n) is 14.9. The molecule has 0 spiro atoms. The van der Waals surface area contributed by atoms with Crippen LogP contribution in [0, 0.1) is 17.1 Å². The smallest absolute Gasteiger partial charge is 0.336 e. The number of allylic oxidation sites excluding steroid dienone is 3. The van der Waals surface area contributed by atoms with Crippen molar-refractivity contribution in [2.45, 2.75) is 19.8 Å². The van der Waals surface area contributed by atoms with Gasteiger partial charge < -0.3 is 15.0 Å². The van der Waals surface area contributed by atoms with E-state index in [0.717, 1.165) is 0 Å². The van der Waals surface area contributed by atoms with Gasteiger partial charge in [-0.15, -0.1) is 0 Å². The summed E-state index contributed by atoms with van der Waals surface area (Å²) in [6.45, 7) is 4.27. The van der Waals surface area contributed by atoms with Gasteiger partial charge in [0.05, 0.1) is 23.1 Å². The van der Waals surface area contributed by atoms with E-state index in [0.29, 0.717) is 29.1 Å². The summed E-state index contributed by atoms with van der Waals surface area (Å²) in [5.41, 5.74) is 2.05. The topological polar surface area (TPSA) is 65.4 Å². The van der Waals surface area contributed by atoms with Gasteiger partial charge in [-0.2, -0.15) is 5.26 Å². The number of carbonyl (C=O) groups is 1. The molecule has 0 radical (unpaired) electrons. The molecule has 0 aromatic heterocycles. The predicted molar refractivity (Wildman–Crippen MR) is 92.8 cm³/mol. The van der Waals surface area contributed by atoms with Gasteiger partial charge in [-0.25, -0.2) is 9.18 Å². The number of ether oxygens (including phenoxy) is 1. The molecule has 1 aromatic rings. The van der Waals surface area contributed by atoms with Gasteiger partial charge in [-0.05, 0) is 34.0 Å². The van der Waals surface area contributed by atoms with E-state index in [9.17, 15) is 14.4 Å². The second kappa shape index (κ2) is 7.95. The van der Waals surface area contributed by atoms with Crippen LogP contribution in [0.3, 0.4) is 0 Å². The molecule has 0 saturated carbocycles. The minimum atomic E-state index is -0.778. The lowest BCUT2D eigenvalue weighted by Gasteiger charge is -2.28. The van der Waals surface area contributed by atoms with Crippen molar-refractivity contribution in [3.63, 3.8) is 0 Å². The number of esters is 1. The maximum absolute atomic E-state index is 14.4. The fourth-order valence-corrected chi connectivity index (χ4v) is 2.83. The molecule has 1 unspecified atom stereocenters. The third-order valence-corrected chi connectivity index (χ3v) is 4.09. The predicted octanol–water partition coefficient (Wildman–Crippen LogP) is 2.69. The maximum atomic E-state index is 14.4. The Balaban J connectivity index is 2.44. The second-order valence-corrected chi connectivity index (χ2v) is 6.21. The van der Waals surface area contributed by atoms with E-state index in [-0.39, 0.29) is 12.2 Å². The molecule has 2 rings (SSSR count). The highest BCUT2D eigenvalue weighted by molar-refractivity contribution is 5.93. The molecule has 0 fully saturated rings. The Morgan fingerprint density at radius 3 is 2.60 bits per heavy atom. The first-order valence-corrected chi connectivity index (χ1v) is 8.01. The summed E-state index contributed by atoms with van der Waals surface area (Å²) < 4.78 is 19.7. The summed E-state index contributed by atoms with van der Waals surface area (Å²) in [6.07, 6.45) is 0. The van der Waals surface area contributed by atoms with Crippen molar-refractivity contribution in [2.24, 2.45) is 0 Å². The van der Waals surface area contributed by atoms with E-state index < -0.39 is 17.7 Å². The normalized spacial score (nSPS) is 17.4. The van der Waals surface area contributed by atoms with Crippen molar-refractivity contribution >= 4 is 5.97 Å². The van der Waals surface area contributed by atoms with Crippen LogP contribution in [0.1, 0.15) is 25.3 Å². The molecule has 1 N–H and O–H groups in total. The molecule has 1 aliphatic heterocycles. The number of likely N-dealkylation sites (N-methyl/N-ethyl adjacent to an activating group) is 1. The molecule has 5 nitrogen and oxygen atoms in total. The number of halogens is 1. The fraction of sp³-hybridized carbons (Fsp3) is 0.368. The van der Waals surface area contributed by atoms with Crippen LogP contribution >= 0.6 is 0 Å². The van der Waals surface area contributed by atoms with Gasteiger partial charge in [0.25, 0.3) is 0 Å². The van der Waals surface area contributed by atoms with Gasteiger partial charge in [-0.3, -0.25) is 0 Å². The Hall–Kier alpha value is -2.65. The average molecular weight is 343 g/mol. The van der Waals surface area contributed by atoms with Crippen molar-refractivity contribution in [3.05, 3.63) is 58.2 Å². The van der Waals surface area contributed by atoms with Crippen molar-refractivity contribution in [2.75, 3.05) is 27.2 Å². The summed E-state index contributed by atoms with van der Waals surface area (Å²) in [5, 5.41) is 12.6. The first-order chi connectivity index (χ1) is 11.9. The zero-order chi connectivity index (χ0) is 18.6. The van der Waals surface area contributed by atoms with Crippen LogP contribution in [-0.2, 0) is 9.53 Å². The molecule has 0 amide bonds. The van der Waals surface area contributed by atoms with Crippen LogP contribution in [-0.4, -0.2) is 38.1 Å². The largest absolute Gasteiger partial charge is 0.461 e. The summed E-state index contributed by atoms with van der Waals surface area (Å²) in [4.78, 5) is 14.6. The summed E-state index contributed by atoms with van der Waals surface area (Å²) in [6, 6.07) is 8.30. The highest BCUT2D eigenvalue weighted by atomic mass is 19.1. The molecular formula is C19H22FN3O2. The molecule has 1 heterocycles. The van der Waals surface area contributed by atoms with Crippen LogP contribution in [0.4, 0.5) is 4.39 Å². The Bertz CT molecular complexity index is 775. The van der Waals surface area contributed by atoms with Gasteiger partial charge in [0.15, 0.2) is 0 Å². The Morgan fingerprint density at radius 1 is 1.32 bits per heavy atom. The molecule has 0 saturated heterocycles. The zero-order valence-corrected chi connectivity index (χ0v) is 14.9. The van der Waals surface area contributed by atoms with E-state index >= 15 is 0 Å². The molecule has 1 atom stereocenters. The molecule has 132 valence electrons. The number of nitriles is 1. The van der Waals surface area contributed by atoms with Gasteiger partial charge in [0.2, 0.25) is 0 Å². The van der Waals surface area contributed by atoms with Gasteiger partial charge in [0.1, 0.15) is 12.4 Å². The number of hydrogen-bond acceptors (Lipinski definition) is 5. The van der Waals surface area contributed by atoms with E-state index in [1.165, 1.54) is 6.07 Å². The van der Waals surface area contributed by atoms with Gasteiger partial charge in [0, 0.05) is 23.5 Å². The molecule has 0 aliphatic carbocycles. The number of carbonyl (C=O) groups excluding carboxylic acids is 1. The number of nitrogens with one attached hydrogen (secondary N) is 1. The van der Waals surface area contributed by atoms with E-state index in [1.807, 2.05) is 19.0 Å². The number of hydrogen-bond donors (Lipinski definition) is 1.